The van der Waals surface area contributed by atoms with Crippen LogP contribution in [0.15, 0.2) is 30.5 Å². The topological polar surface area (TPSA) is 87.0 Å². The third-order valence-electron chi connectivity index (χ3n) is 5.06. The summed E-state index contributed by atoms with van der Waals surface area (Å²) in [6, 6.07) is 9.01. The number of aromatic nitrogens is 1. The molecule has 0 radical (unpaired) electrons. The first-order valence-corrected chi connectivity index (χ1v) is 10.2. The van der Waals surface area contributed by atoms with Crippen LogP contribution in [-0.4, -0.2) is 30.6 Å². The zero-order valence-electron chi connectivity index (χ0n) is 16.7. The zero-order chi connectivity index (χ0) is 20.8. The predicted octanol–water partition coefficient (Wildman–Crippen LogP) is 4.63. The molecule has 0 spiro atoms. The molecule has 1 aliphatic heterocycles. The number of anilines is 2. The van der Waals surface area contributed by atoms with Gasteiger partial charge in [-0.2, -0.15) is 5.26 Å². The first-order chi connectivity index (χ1) is 14.0. The minimum absolute atomic E-state index is 0.111. The molecule has 1 saturated heterocycles. The summed E-state index contributed by atoms with van der Waals surface area (Å²) in [5, 5.41) is 16.0. The molecule has 0 aliphatic carbocycles. The highest BCUT2D eigenvalue weighted by Gasteiger charge is 2.19. The molecule has 7 heteroatoms. The third kappa shape index (κ3) is 5.47. The fourth-order valence-electron chi connectivity index (χ4n) is 3.34. The van der Waals surface area contributed by atoms with Gasteiger partial charge in [-0.1, -0.05) is 25.4 Å². The van der Waals surface area contributed by atoms with E-state index in [1.807, 2.05) is 19.9 Å². The quantitative estimate of drug-likeness (QED) is 0.722. The fourth-order valence-corrected chi connectivity index (χ4v) is 3.52. The second-order valence-corrected chi connectivity index (χ2v) is 7.94. The number of carbonyl (C=O) groups excluding carboxylic acids is 1. The lowest BCUT2D eigenvalue weighted by molar-refractivity contribution is 0.0642. The average Bonchev–Trinajstić information content (AvgIpc) is 2.73. The molecule has 1 amide bonds. The number of ether oxygens (including phenoxy) is 1. The van der Waals surface area contributed by atoms with Crippen LogP contribution in [0.4, 0.5) is 11.5 Å². The van der Waals surface area contributed by atoms with Crippen molar-refractivity contribution in [1.29, 1.82) is 5.26 Å². The van der Waals surface area contributed by atoms with Gasteiger partial charge < -0.3 is 15.4 Å². The van der Waals surface area contributed by atoms with E-state index in [0.717, 1.165) is 31.6 Å². The maximum absolute atomic E-state index is 12.8. The molecule has 152 valence electrons. The third-order valence-corrected chi connectivity index (χ3v) is 5.29. The van der Waals surface area contributed by atoms with Crippen molar-refractivity contribution in [3.05, 3.63) is 52.2 Å². The maximum Gasteiger partial charge on any atom is 0.253 e. The van der Waals surface area contributed by atoms with Crippen LogP contribution in [0.25, 0.3) is 0 Å². The molecule has 2 heterocycles. The molecule has 3 rings (SSSR count). The number of benzene rings is 1. The van der Waals surface area contributed by atoms with E-state index >= 15 is 0 Å². The van der Waals surface area contributed by atoms with Crippen LogP contribution in [0.5, 0.6) is 0 Å². The molecule has 0 atom stereocenters. The lowest BCUT2D eigenvalue weighted by Crippen LogP contribution is -2.32. The smallest absolute Gasteiger partial charge is 0.253 e. The molecule has 0 bridgehead atoms. The van der Waals surface area contributed by atoms with Crippen LogP contribution in [-0.2, 0) is 4.74 Å². The van der Waals surface area contributed by atoms with E-state index < -0.39 is 0 Å². The van der Waals surface area contributed by atoms with Gasteiger partial charge in [0.15, 0.2) is 0 Å². The normalized spacial score (nSPS) is 14.4. The number of amides is 1. The van der Waals surface area contributed by atoms with Gasteiger partial charge in [-0.3, -0.25) is 4.79 Å². The van der Waals surface area contributed by atoms with Crippen LogP contribution in [0.3, 0.4) is 0 Å². The summed E-state index contributed by atoms with van der Waals surface area (Å²) in [5.74, 6) is 1.04. The van der Waals surface area contributed by atoms with Gasteiger partial charge in [-0.05, 0) is 54.5 Å². The second-order valence-electron chi connectivity index (χ2n) is 7.50. The van der Waals surface area contributed by atoms with E-state index in [9.17, 15) is 10.1 Å². The minimum atomic E-state index is -0.111. The van der Waals surface area contributed by atoms with Crippen LogP contribution < -0.4 is 10.6 Å². The van der Waals surface area contributed by atoms with E-state index in [2.05, 4.69) is 21.7 Å². The van der Waals surface area contributed by atoms with Crippen molar-refractivity contribution < 1.29 is 9.53 Å². The van der Waals surface area contributed by atoms with Crippen molar-refractivity contribution in [3.63, 3.8) is 0 Å². The molecule has 2 aromatic rings. The second kappa shape index (κ2) is 9.73. The predicted molar refractivity (Wildman–Crippen MR) is 114 cm³/mol. The monoisotopic (exact) mass is 412 g/mol. The van der Waals surface area contributed by atoms with Gasteiger partial charge in [0, 0.05) is 31.0 Å². The summed E-state index contributed by atoms with van der Waals surface area (Å²) in [5.41, 5.74) is 2.52. The van der Waals surface area contributed by atoms with Crippen molar-refractivity contribution in [2.24, 2.45) is 5.92 Å². The van der Waals surface area contributed by atoms with E-state index in [1.54, 1.807) is 24.4 Å². The van der Waals surface area contributed by atoms with Crippen LogP contribution >= 0.6 is 11.6 Å². The molecule has 6 nitrogen and oxygen atoms in total. The lowest BCUT2D eigenvalue weighted by atomic mass is 9.97. The Hall–Kier alpha value is -2.62. The van der Waals surface area contributed by atoms with Gasteiger partial charge >= 0.3 is 0 Å². The van der Waals surface area contributed by atoms with Crippen molar-refractivity contribution in [2.45, 2.75) is 32.6 Å². The number of halogens is 1. The summed E-state index contributed by atoms with van der Waals surface area (Å²) < 4.78 is 5.37. The summed E-state index contributed by atoms with van der Waals surface area (Å²) in [7, 11) is 0. The van der Waals surface area contributed by atoms with Gasteiger partial charge in [0.1, 0.15) is 11.9 Å². The summed E-state index contributed by atoms with van der Waals surface area (Å²) in [6.07, 6.45) is 3.53. The molecular weight excluding hydrogens is 388 g/mol. The molecule has 29 heavy (non-hydrogen) atoms. The summed E-state index contributed by atoms with van der Waals surface area (Å²) in [4.78, 5) is 17.2. The van der Waals surface area contributed by atoms with Gasteiger partial charge in [0.05, 0.1) is 16.8 Å². The van der Waals surface area contributed by atoms with Crippen molar-refractivity contribution >= 4 is 29.0 Å². The van der Waals surface area contributed by atoms with E-state index in [1.165, 1.54) is 0 Å². The Morgan fingerprint density at radius 2 is 2.10 bits per heavy atom. The fraction of sp³-hybridized carbons (Fsp3) is 0.409. The molecule has 1 aromatic carbocycles. The molecular formula is C22H25ClN4O2. The Morgan fingerprint density at radius 3 is 2.79 bits per heavy atom. The summed E-state index contributed by atoms with van der Waals surface area (Å²) >= 11 is 6.06. The largest absolute Gasteiger partial charge is 0.381 e. The number of nitriles is 1. The Bertz CT molecular complexity index is 918. The number of nitrogens with zero attached hydrogens (tertiary/aromatic N) is 2. The van der Waals surface area contributed by atoms with Crippen LogP contribution in [0.1, 0.15) is 54.1 Å². The van der Waals surface area contributed by atoms with Gasteiger partial charge in [0.2, 0.25) is 0 Å². The highest BCUT2D eigenvalue weighted by molar-refractivity contribution is 6.30. The lowest BCUT2D eigenvalue weighted by Gasteiger charge is -2.22. The molecule has 0 saturated carbocycles. The molecule has 0 unspecified atom stereocenters. The molecule has 2 N–H and O–H groups in total. The highest BCUT2D eigenvalue weighted by atomic mass is 35.5. The first-order valence-electron chi connectivity index (χ1n) is 9.80. The Balaban J connectivity index is 1.77. The van der Waals surface area contributed by atoms with E-state index in [0.29, 0.717) is 40.1 Å². The number of rotatable bonds is 6. The van der Waals surface area contributed by atoms with Crippen LogP contribution in [0.2, 0.25) is 5.02 Å². The van der Waals surface area contributed by atoms with Crippen LogP contribution in [0, 0.1) is 17.2 Å². The standard InChI is InChI=1S/C22H25ClN4O2/c1-14(2)18-10-21(27-20-9-17(23)4-3-16(20)11-24)25-13-19(18)22(28)26-12-15-5-7-29-8-6-15/h3-4,9-10,13-15H,5-8,12H2,1-2H3,(H,25,27)(H,26,28). The number of hydrogen-bond donors (Lipinski definition) is 2. The van der Waals surface area contributed by atoms with Crippen molar-refractivity contribution in [2.75, 3.05) is 25.1 Å². The van der Waals surface area contributed by atoms with Gasteiger partial charge in [0.25, 0.3) is 5.91 Å². The average molecular weight is 413 g/mol. The maximum atomic E-state index is 12.8. The number of nitrogens with one attached hydrogen (secondary N) is 2. The molecule has 1 fully saturated rings. The number of carbonyl (C=O) groups is 1. The van der Waals surface area contributed by atoms with Gasteiger partial charge in [-0.15, -0.1) is 0 Å². The number of pyridine rings is 1. The summed E-state index contributed by atoms with van der Waals surface area (Å²) in [6.45, 7) is 6.23. The van der Waals surface area contributed by atoms with Gasteiger partial charge in [-0.25, -0.2) is 4.98 Å². The van der Waals surface area contributed by atoms with E-state index in [4.69, 9.17) is 16.3 Å². The zero-order valence-corrected chi connectivity index (χ0v) is 17.4. The van der Waals surface area contributed by atoms with Crippen molar-refractivity contribution in [1.82, 2.24) is 10.3 Å². The Labute approximate surface area is 176 Å². The Morgan fingerprint density at radius 1 is 1.34 bits per heavy atom. The van der Waals surface area contributed by atoms with E-state index in [-0.39, 0.29) is 11.8 Å². The Kier molecular flexibility index (Phi) is 7.08. The van der Waals surface area contributed by atoms with Crippen molar-refractivity contribution in [3.8, 4) is 6.07 Å². The first kappa shape index (κ1) is 21.1. The SMILES string of the molecule is CC(C)c1cc(Nc2cc(Cl)ccc2C#N)ncc1C(=O)NCC1CCOCC1. The molecule has 1 aliphatic rings. The minimum Gasteiger partial charge on any atom is -0.381 e. The highest BCUT2D eigenvalue weighted by Crippen LogP contribution is 2.27. The number of hydrogen-bond acceptors (Lipinski definition) is 5. The molecule has 1 aromatic heterocycles.